The second kappa shape index (κ2) is 8.98. The van der Waals surface area contributed by atoms with Crippen molar-refractivity contribution in [2.24, 2.45) is 5.92 Å². The summed E-state index contributed by atoms with van der Waals surface area (Å²) in [5.41, 5.74) is 1.76. The molecule has 5 nitrogen and oxygen atoms in total. The Labute approximate surface area is 178 Å². The Morgan fingerprint density at radius 3 is 2.20 bits per heavy atom. The molecule has 0 heterocycles. The molecule has 1 atom stereocenters. The average molecular weight is 425 g/mol. The van der Waals surface area contributed by atoms with E-state index in [9.17, 15) is 13.2 Å². The van der Waals surface area contributed by atoms with Gasteiger partial charge in [-0.25, -0.2) is 8.42 Å². The van der Waals surface area contributed by atoms with E-state index < -0.39 is 16.1 Å². The molecule has 30 heavy (non-hydrogen) atoms. The van der Waals surface area contributed by atoms with Gasteiger partial charge < -0.3 is 5.32 Å². The number of anilines is 1. The summed E-state index contributed by atoms with van der Waals surface area (Å²) in [7, 11) is -3.87. The van der Waals surface area contributed by atoms with Gasteiger partial charge in [-0.15, -0.1) is 0 Å². The van der Waals surface area contributed by atoms with Crippen LogP contribution in [0.15, 0.2) is 71.6 Å². The molecular weight excluding hydrogens is 396 g/mol. The van der Waals surface area contributed by atoms with Crippen molar-refractivity contribution in [3.63, 3.8) is 0 Å². The van der Waals surface area contributed by atoms with Crippen molar-refractivity contribution in [1.29, 1.82) is 0 Å². The lowest BCUT2D eigenvalue weighted by Crippen LogP contribution is -2.47. The zero-order valence-electron chi connectivity index (χ0n) is 17.7. The molecule has 0 aliphatic heterocycles. The molecule has 0 saturated heterocycles. The van der Waals surface area contributed by atoms with E-state index >= 15 is 0 Å². The number of hydrogen-bond donors (Lipinski definition) is 2. The Morgan fingerprint density at radius 1 is 0.833 bits per heavy atom. The number of carbonyl (C=O) groups excluding carboxylic acids is 1. The number of nitrogens with one attached hydrogen (secondary N) is 2. The topological polar surface area (TPSA) is 75.3 Å². The average Bonchev–Trinajstić information content (AvgIpc) is 2.71. The third-order valence-corrected chi connectivity index (χ3v) is 6.52. The van der Waals surface area contributed by atoms with Gasteiger partial charge in [0.2, 0.25) is 15.9 Å². The normalized spacial score (nSPS) is 13.0. The van der Waals surface area contributed by atoms with E-state index in [0.29, 0.717) is 11.6 Å². The fraction of sp³-hybridized carbons (Fsp3) is 0.292. The van der Waals surface area contributed by atoms with Gasteiger partial charge in [0.15, 0.2) is 0 Å². The van der Waals surface area contributed by atoms with Gasteiger partial charge in [-0.3, -0.25) is 4.79 Å². The molecule has 1 amide bonds. The van der Waals surface area contributed by atoms with Gasteiger partial charge in [0.25, 0.3) is 0 Å². The number of amides is 1. The molecule has 158 valence electrons. The van der Waals surface area contributed by atoms with Gasteiger partial charge in [-0.2, -0.15) is 4.72 Å². The molecule has 6 heteroatoms. The number of hydrogen-bond acceptors (Lipinski definition) is 3. The van der Waals surface area contributed by atoms with Crippen LogP contribution in [0.4, 0.5) is 5.69 Å². The van der Waals surface area contributed by atoms with Crippen LogP contribution in [0, 0.1) is 5.92 Å². The zero-order chi connectivity index (χ0) is 21.9. The molecule has 0 aliphatic carbocycles. The molecule has 0 saturated carbocycles. The van der Waals surface area contributed by atoms with Crippen LogP contribution in [0.1, 0.15) is 39.2 Å². The highest BCUT2D eigenvalue weighted by atomic mass is 32.2. The summed E-state index contributed by atoms with van der Waals surface area (Å²) in [6.45, 7) is 7.79. The van der Waals surface area contributed by atoms with Gasteiger partial charge in [-0.1, -0.05) is 70.2 Å². The van der Waals surface area contributed by atoms with Crippen molar-refractivity contribution >= 4 is 32.4 Å². The minimum absolute atomic E-state index is 0.140. The Hall–Kier alpha value is -2.70. The van der Waals surface area contributed by atoms with Gasteiger partial charge >= 0.3 is 0 Å². The van der Waals surface area contributed by atoms with E-state index in [0.717, 1.165) is 16.3 Å². The number of sulfonamides is 1. The smallest absolute Gasteiger partial charge is 0.242 e. The largest absolute Gasteiger partial charge is 0.325 e. The van der Waals surface area contributed by atoms with Crippen molar-refractivity contribution in [2.75, 3.05) is 5.32 Å². The molecule has 0 spiro atoms. The van der Waals surface area contributed by atoms with Crippen LogP contribution in [0.3, 0.4) is 0 Å². The van der Waals surface area contributed by atoms with E-state index in [1.165, 1.54) is 0 Å². The van der Waals surface area contributed by atoms with Crippen molar-refractivity contribution in [3.8, 4) is 0 Å². The van der Waals surface area contributed by atoms with Gasteiger partial charge in [0.05, 0.1) is 4.90 Å². The van der Waals surface area contributed by atoms with E-state index in [1.54, 1.807) is 24.3 Å². The van der Waals surface area contributed by atoms with Crippen LogP contribution in [0.25, 0.3) is 10.8 Å². The lowest BCUT2D eigenvalue weighted by molar-refractivity contribution is -0.118. The maximum Gasteiger partial charge on any atom is 0.242 e. The van der Waals surface area contributed by atoms with Crippen molar-refractivity contribution < 1.29 is 13.2 Å². The first-order chi connectivity index (χ1) is 14.2. The maximum atomic E-state index is 13.0. The first-order valence-corrected chi connectivity index (χ1v) is 11.6. The van der Waals surface area contributed by atoms with Gasteiger partial charge in [0, 0.05) is 5.69 Å². The van der Waals surface area contributed by atoms with Crippen LogP contribution in [0.5, 0.6) is 0 Å². The van der Waals surface area contributed by atoms with Crippen molar-refractivity contribution in [1.82, 2.24) is 4.72 Å². The van der Waals surface area contributed by atoms with Crippen molar-refractivity contribution in [3.05, 3.63) is 72.3 Å². The summed E-state index contributed by atoms with van der Waals surface area (Å²) < 4.78 is 28.6. The van der Waals surface area contributed by atoms with Gasteiger partial charge in [-0.05, 0) is 52.4 Å². The lowest BCUT2D eigenvalue weighted by Gasteiger charge is -2.22. The van der Waals surface area contributed by atoms with Crippen LogP contribution in [-0.2, 0) is 14.8 Å². The molecule has 0 fully saturated rings. The third-order valence-electron chi connectivity index (χ3n) is 5.08. The summed E-state index contributed by atoms with van der Waals surface area (Å²) in [6.07, 6.45) is 0. The molecule has 3 aromatic carbocycles. The molecule has 0 bridgehead atoms. The van der Waals surface area contributed by atoms with Crippen LogP contribution >= 0.6 is 0 Å². The zero-order valence-corrected chi connectivity index (χ0v) is 18.5. The lowest BCUT2D eigenvalue weighted by atomic mass is 10.0. The third kappa shape index (κ3) is 5.07. The molecular formula is C24H28N2O3S. The highest BCUT2D eigenvalue weighted by molar-refractivity contribution is 7.89. The minimum Gasteiger partial charge on any atom is -0.325 e. The summed E-state index contributed by atoms with van der Waals surface area (Å²) in [6, 6.07) is 19.2. The number of carbonyl (C=O) groups is 1. The first kappa shape index (κ1) is 22.0. The predicted octanol–water partition coefficient (Wildman–Crippen LogP) is 4.90. The molecule has 3 rings (SSSR count). The standard InChI is InChI=1S/C24H28N2O3S/c1-16(2)19-10-7-11-21(14-19)25-24(27)23(17(3)4)26-30(28,29)22-13-12-18-8-5-6-9-20(18)15-22/h5-17,23,26H,1-4H3,(H,25,27). The van der Waals surface area contributed by atoms with Gasteiger partial charge in [0.1, 0.15) is 6.04 Å². The molecule has 0 aromatic heterocycles. The highest BCUT2D eigenvalue weighted by Crippen LogP contribution is 2.21. The quantitative estimate of drug-likeness (QED) is 0.566. The monoisotopic (exact) mass is 424 g/mol. The van der Waals surface area contributed by atoms with Crippen LogP contribution in [-0.4, -0.2) is 20.4 Å². The van der Waals surface area contributed by atoms with Crippen molar-refractivity contribution in [2.45, 2.75) is 44.6 Å². The summed E-state index contributed by atoms with van der Waals surface area (Å²) in [5, 5.41) is 4.64. The molecule has 0 radical (unpaired) electrons. The minimum atomic E-state index is -3.87. The fourth-order valence-electron chi connectivity index (χ4n) is 3.26. The van der Waals surface area contributed by atoms with Crippen LogP contribution < -0.4 is 10.0 Å². The second-order valence-corrected chi connectivity index (χ2v) is 9.84. The maximum absolute atomic E-state index is 13.0. The Morgan fingerprint density at radius 2 is 1.53 bits per heavy atom. The Kier molecular flexibility index (Phi) is 6.58. The SMILES string of the molecule is CC(C)c1cccc(NC(=O)C(NS(=O)(=O)c2ccc3ccccc3c2)C(C)C)c1. The molecule has 0 aliphatic rings. The Balaban J connectivity index is 1.83. The second-order valence-electron chi connectivity index (χ2n) is 8.12. The highest BCUT2D eigenvalue weighted by Gasteiger charge is 2.28. The van der Waals surface area contributed by atoms with E-state index in [4.69, 9.17) is 0 Å². The fourth-order valence-corrected chi connectivity index (χ4v) is 4.64. The number of fused-ring (bicyclic) bond motifs is 1. The summed E-state index contributed by atoms with van der Waals surface area (Å²) >= 11 is 0. The summed E-state index contributed by atoms with van der Waals surface area (Å²) in [4.78, 5) is 13.1. The van der Waals surface area contributed by atoms with E-state index in [-0.39, 0.29) is 16.7 Å². The van der Waals surface area contributed by atoms with E-state index in [1.807, 2.05) is 56.3 Å². The van der Waals surface area contributed by atoms with Crippen LogP contribution in [0.2, 0.25) is 0 Å². The number of rotatable bonds is 7. The van der Waals surface area contributed by atoms with E-state index in [2.05, 4.69) is 23.9 Å². The Bertz CT molecular complexity index is 1150. The molecule has 2 N–H and O–H groups in total. The summed E-state index contributed by atoms with van der Waals surface area (Å²) in [5.74, 6) is -0.280. The molecule has 1 unspecified atom stereocenters. The predicted molar refractivity (Wildman–Crippen MR) is 122 cm³/mol. The molecule has 3 aromatic rings. The first-order valence-electron chi connectivity index (χ1n) is 10.1. The number of benzene rings is 3.